The van der Waals surface area contributed by atoms with Gasteiger partial charge in [0.25, 0.3) is 0 Å². The summed E-state index contributed by atoms with van der Waals surface area (Å²) in [5.41, 5.74) is 2.64. The molecule has 0 aliphatic rings. The lowest BCUT2D eigenvalue weighted by Crippen LogP contribution is -1.83. The van der Waals surface area contributed by atoms with Crippen molar-refractivity contribution in [2.24, 2.45) is 0 Å². The molecule has 3 heteroatoms. The molecule has 0 spiro atoms. The van der Waals surface area contributed by atoms with Crippen LogP contribution >= 0.6 is 0 Å². The molecule has 2 aromatic rings. The standard InChI is InChI=1S/C26H30N3/c1-2-24(25-18-20-27-21-19-25)16-14-12-10-8-6-4-3-5-7-9-11-13-15-17-26-28-22-23-29-26/h4-7,10-13,15-23H,2-3,8-9,14H2,1H3/q-1/b6-4+,7-5+,12-10+,13-11+,17-15+,24-16+. The van der Waals surface area contributed by atoms with Gasteiger partial charge >= 0.3 is 0 Å². The van der Waals surface area contributed by atoms with Crippen LogP contribution in [0.4, 0.5) is 0 Å². The smallest absolute Gasteiger partial charge is 0.0273 e. The van der Waals surface area contributed by atoms with Gasteiger partial charge < -0.3 is 9.97 Å². The van der Waals surface area contributed by atoms with Crippen molar-refractivity contribution in [2.45, 2.75) is 39.0 Å². The third kappa shape index (κ3) is 10.1. The maximum absolute atomic E-state index is 4.08. The van der Waals surface area contributed by atoms with Gasteiger partial charge in [0.1, 0.15) is 0 Å². The van der Waals surface area contributed by atoms with E-state index < -0.39 is 0 Å². The molecule has 2 heterocycles. The van der Waals surface area contributed by atoms with Gasteiger partial charge in [-0.3, -0.25) is 4.98 Å². The van der Waals surface area contributed by atoms with Crippen LogP contribution in [0.25, 0.3) is 11.6 Å². The second kappa shape index (κ2) is 14.8. The fourth-order valence-corrected chi connectivity index (χ4v) is 2.69. The molecule has 0 N–H and O–H groups in total. The summed E-state index contributed by atoms with van der Waals surface area (Å²) in [5.74, 6) is 0.750. The highest BCUT2D eigenvalue weighted by Crippen LogP contribution is 2.17. The van der Waals surface area contributed by atoms with Gasteiger partial charge in [0.05, 0.1) is 0 Å². The van der Waals surface area contributed by atoms with E-state index in [-0.39, 0.29) is 0 Å². The van der Waals surface area contributed by atoms with Crippen molar-refractivity contribution in [3.8, 4) is 0 Å². The Morgan fingerprint density at radius 3 is 2.10 bits per heavy atom. The molecule has 0 aliphatic carbocycles. The number of allylic oxidation sites excluding steroid dienone is 11. The second-order valence-electron chi connectivity index (χ2n) is 6.38. The van der Waals surface area contributed by atoms with Gasteiger partial charge in [-0.25, -0.2) is 0 Å². The summed E-state index contributed by atoms with van der Waals surface area (Å²) >= 11 is 0. The van der Waals surface area contributed by atoms with E-state index in [0.717, 1.165) is 37.9 Å². The molecule has 0 aliphatic heterocycles. The number of rotatable bonds is 12. The van der Waals surface area contributed by atoms with E-state index in [0.29, 0.717) is 0 Å². The van der Waals surface area contributed by atoms with E-state index in [9.17, 15) is 0 Å². The molecule has 0 aromatic carbocycles. The van der Waals surface area contributed by atoms with Crippen LogP contribution in [0.3, 0.4) is 0 Å². The Bertz CT molecular complexity index is 835. The highest BCUT2D eigenvalue weighted by atomic mass is 14.9. The van der Waals surface area contributed by atoms with Gasteiger partial charge in [-0.05, 0) is 55.4 Å². The van der Waals surface area contributed by atoms with Crippen molar-refractivity contribution in [1.82, 2.24) is 15.0 Å². The van der Waals surface area contributed by atoms with Gasteiger partial charge in [-0.2, -0.15) is 0 Å². The van der Waals surface area contributed by atoms with E-state index in [4.69, 9.17) is 0 Å². The van der Waals surface area contributed by atoms with Crippen molar-refractivity contribution in [3.63, 3.8) is 0 Å². The van der Waals surface area contributed by atoms with Crippen LogP contribution in [0.2, 0.25) is 0 Å². The number of pyridine rings is 1. The summed E-state index contributed by atoms with van der Waals surface area (Å²) in [6.07, 6.45) is 35.5. The van der Waals surface area contributed by atoms with E-state index >= 15 is 0 Å². The Morgan fingerprint density at radius 1 is 0.828 bits per heavy atom. The molecule has 0 radical (unpaired) electrons. The monoisotopic (exact) mass is 384 g/mol. The number of aromatic nitrogens is 3. The molecule has 0 atom stereocenters. The molecule has 0 saturated carbocycles. The summed E-state index contributed by atoms with van der Waals surface area (Å²) in [6.45, 7) is 2.19. The fourth-order valence-electron chi connectivity index (χ4n) is 2.69. The molecule has 0 amide bonds. The number of imidazole rings is 1. The van der Waals surface area contributed by atoms with Crippen molar-refractivity contribution in [3.05, 3.63) is 109 Å². The van der Waals surface area contributed by atoms with Crippen molar-refractivity contribution in [2.75, 3.05) is 0 Å². The molecule has 29 heavy (non-hydrogen) atoms. The lowest BCUT2D eigenvalue weighted by Gasteiger charge is -2.03. The van der Waals surface area contributed by atoms with Gasteiger partial charge in [0.2, 0.25) is 0 Å². The first-order valence-electron chi connectivity index (χ1n) is 10.2. The summed E-state index contributed by atoms with van der Waals surface area (Å²) in [5, 5.41) is 0. The summed E-state index contributed by atoms with van der Waals surface area (Å²) < 4.78 is 0. The van der Waals surface area contributed by atoms with Crippen LogP contribution in [0.1, 0.15) is 50.4 Å². The van der Waals surface area contributed by atoms with Gasteiger partial charge in [0.15, 0.2) is 0 Å². The average Bonchev–Trinajstić information content (AvgIpc) is 3.28. The minimum absolute atomic E-state index is 0.750. The number of hydrogen-bond donors (Lipinski definition) is 0. The quantitative estimate of drug-likeness (QED) is 0.301. The van der Waals surface area contributed by atoms with Gasteiger partial charge in [0, 0.05) is 12.4 Å². The van der Waals surface area contributed by atoms with Crippen LogP contribution < -0.4 is 4.98 Å². The Hall–Kier alpha value is -3.20. The zero-order valence-corrected chi connectivity index (χ0v) is 17.2. The molecule has 0 saturated heterocycles. The lowest BCUT2D eigenvalue weighted by molar-refractivity contribution is 1.20. The maximum Gasteiger partial charge on any atom is 0.0273 e. The Kier molecular flexibility index (Phi) is 11.3. The SMILES string of the molecule is CC/C(=C\C/C=C/C/C=C/C/C=C/C/C=C/C=C/c1ncc[n-]1)c1ccncc1. The highest BCUT2D eigenvalue weighted by Gasteiger charge is 1.96. The van der Waals surface area contributed by atoms with Crippen molar-refractivity contribution in [1.29, 1.82) is 0 Å². The molecule has 0 unspecified atom stereocenters. The van der Waals surface area contributed by atoms with Crippen LogP contribution in [-0.4, -0.2) is 9.97 Å². The van der Waals surface area contributed by atoms with Crippen LogP contribution in [0.15, 0.2) is 97.7 Å². The number of hydrogen-bond acceptors (Lipinski definition) is 2. The topological polar surface area (TPSA) is 39.9 Å². The number of nitrogens with zero attached hydrogens (tertiary/aromatic N) is 3. The Labute approximate surface area is 175 Å². The summed E-state index contributed by atoms with van der Waals surface area (Å²) in [7, 11) is 0. The van der Waals surface area contributed by atoms with Crippen LogP contribution in [-0.2, 0) is 0 Å². The first-order valence-corrected chi connectivity index (χ1v) is 10.2. The van der Waals surface area contributed by atoms with E-state index in [1.807, 2.05) is 30.6 Å². The third-order valence-corrected chi connectivity index (χ3v) is 4.22. The third-order valence-electron chi connectivity index (χ3n) is 4.22. The fraction of sp³-hybridized carbons (Fsp3) is 0.231. The van der Waals surface area contributed by atoms with Crippen LogP contribution in [0.5, 0.6) is 0 Å². The average molecular weight is 385 g/mol. The second-order valence-corrected chi connectivity index (χ2v) is 6.38. The molecule has 0 bridgehead atoms. The largest absolute Gasteiger partial charge is 0.443 e. The minimum Gasteiger partial charge on any atom is -0.443 e. The Morgan fingerprint density at radius 2 is 1.48 bits per heavy atom. The Balaban J connectivity index is 1.55. The lowest BCUT2D eigenvalue weighted by atomic mass is 10.0. The predicted octanol–water partition coefficient (Wildman–Crippen LogP) is 6.73. The first kappa shape index (κ1) is 22.1. The molecule has 2 aromatic heterocycles. The summed E-state index contributed by atoms with van der Waals surface area (Å²) in [6, 6.07) is 4.14. The molecule has 0 fully saturated rings. The zero-order valence-electron chi connectivity index (χ0n) is 17.2. The van der Waals surface area contributed by atoms with Crippen LogP contribution in [0, 0.1) is 0 Å². The normalized spacial score (nSPS) is 13.2. The molecule has 3 nitrogen and oxygen atoms in total. The van der Waals surface area contributed by atoms with E-state index in [1.54, 1.807) is 12.4 Å². The molecular weight excluding hydrogens is 354 g/mol. The van der Waals surface area contributed by atoms with Crippen molar-refractivity contribution < 1.29 is 0 Å². The van der Waals surface area contributed by atoms with E-state index in [2.05, 4.69) is 82.6 Å². The van der Waals surface area contributed by atoms with Gasteiger partial charge in [-0.1, -0.05) is 92.0 Å². The van der Waals surface area contributed by atoms with Gasteiger partial charge in [-0.15, -0.1) is 0 Å². The predicted molar refractivity (Wildman–Crippen MR) is 124 cm³/mol. The van der Waals surface area contributed by atoms with E-state index in [1.165, 1.54) is 11.1 Å². The molecule has 150 valence electrons. The minimum atomic E-state index is 0.750. The van der Waals surface area contributed by atoms with Crippen molar-refractivity contribution >= 4 is 11.6 Å². The maximum atomic E-state index is 4.08. The molecular formula is C26H30N3-. The zero-order chi connectivity index (χ0) is 20.4. The summed E-state index contributed by atoms with van der Waals surface area (Å²) in [4.78, 5) is 12.2. The first-order chi connectivity index (χ1) is 14.4. The molecule has 2 rings (SSSR count). The highest BCUT2D eigenvalue weighted by molar-refractivity contribution is 5.64.